The molecule has 0 aromatic heterocycles. The number of hydrogen-bond donors (Lipinski definition) is 6. The van der Waals surface area contributed by atoms with E-state index in [0.29, 0.717) is 10.3 Å². The predicted octanol–water partition coefficient (Wildman–Crippen LogP) is 1.85. The summed E-state index contributed by atoms with van der Waals surface area (Å²) in [6, 6.07) is 4.14. The van der Waals surface area contributed by atoms with Crippen molar-refractivity contribution >= 4 is 44.9 Å². The van der Waals surface area contributed by atoms with Crippen LogP contribution in [-0.4, -0.2) is 25.1 Å². The molecule has 0 amide bonds. The van der Waals surface area contributed by atoms with E-state index in [-0.39, 0.29) is 11.1 Å². The first kappa shape index (κ1) is 20.3. The minimum atomic E-state index is -4.52. The van der Waals surface area contributed by atoms with Gasteiger partial charge in [-0.05, 0) is 30.6 Å². The number of thiol groups is 1. The quantitative estimate of drug-likeness (QED) is 0.199. The summed E-state index contributed by atoms with van der Waals surface area (Å²) in [5.74, 6) is -0.481. The Bertz CT molecular complexity index is 762. The molecule has 0 unspecified atom stereocenters. The Hall–Kier alpha value is -1.68. The molecule has 8 N–H and O–H groups in total. The molecule has 0 fully saturated rings. The summed E-state index contributed by atoms with van der Waals surface area (Å²) in [5, 5.41) is 10.4. The highest BCUT2D eigenvalue weighted by Gasteiger charge is 2.20. The third kappa shape index (κ3) is 4.17. The Morgan fingerprint density at radius 3 is 2.05 bits per heavy atom. The molecule has 0 bridgehead atoms. The summed E-state index contributed by atoms with van der Waals surface area (Å²) in [7, 11) is -3.02. The third-order valence-corrected chi connectivity index (χ3v) is 3.66. The maximum atomic E-state index is 11.1. The monoisotopic (exact) mass is 347 g/mol. The number of phenols is 1. The van der Waals surface area contributed by atoms with Gasteiger partial charge >= 0.3 is 0 Å². The van der Waals surface area contributed by atoms with Gasteiger partial charge in [-0.15, -0.1) is 12.6 Å². The van der Waals surface area contributed by atoms with Gasteiger partial charge in [0.1, 0.15) is 10.6 Å². The first-order valence-corrected chi connectivity index (χ1v) is 8.19. The molecule has 22 heavy (non-hydrogen) atoms. The maximum absolute atomic E-state index is 11.1. The standard InChI is InChI=1S/C10H10N2O4S2.C2H6.CH5N/c11-6-3-5(17)1-4-2-7(18(14,15)16)9(12)10(13)8(4)6;2*1-2/h1-3,13,17H,11-12H2,(H,14,15,16);1-2H3;2H2,1H3. The van der Waals surface area contributed by atoms with Crippen LogP contribution in [0.4, 0.5) is 11.4 Å². The molecule has 2 aromatic rings. The van der Waals surface area contributed by atoms with Crippen molar-refractivity contribution in [3.63, 3.8) is 0 Å². The molecule has 0 spiro atoms. The number of hydrogen-bond acceptors (Lipinski definition) is 7. The van der Waals surface area contributed by atoms with Gasteiger partial charge in [0.2, 0.25) is 0 Å². The number of benzene rings is 2. The molecule has 7 nitrogen and oxygen atoms in total. The smallest absolute Gasteiger partial charge is 0.296 e. The highest BCUT2D eigenvalue weighted by Crippen LogP contribution is 2.40. The molecule has 9 heteroatoms. The second kappa shape index (κ2) is 8.08. The van der Waals surface area contributed by atoms with Crippen LogP contribution < -0.4 is 17.2 Å². The van der Waals surface area contributed by atoms with Crippen LogP contribution in [0.5, 0.6) is 5.75 Å². The highest BCUT2D eigenvalue weighted by molar-refractivity contribution is 7.86. The lowest BCUT2D eigenvalue weighted by Gasteiger charge is -2.11. The number of phenolic OH excluding ortho intramolecular Hbond substituents is 1. The van der Waals surface area contributed by atoms with Crippen LogP contribution in [0.1, 0.15) is 13.8 Å². The lowest BCUT2D eigenvalue weighted by molar-refractivity contribution is 0.473. The lowest BCUT2D eigenvalue weighted by atomic mass is 10.1. The molecule has 0 aliphatic carbocycles. The molecule has 0 heterocycles. The Kier molecular flexibility index (Phi) is 7.47. The summed E-state index contributed by atoms with van der Waals surface area (Å²) in [6.07, 6.45) is 0. The summed E-state index contributed by atoms with van der Waals surface area (Å²) in [6.45, 7) is 4.00. The SMILES string of the molecule is CC.CN.Nc1c(S(=O)(=O)O)cc2cc(S)cc(N)c2c1O. The van der Waals surface area contributed by atoms with E-state index < -0.39 is 26.5 Å². The molecule has 0 saturated heterocycles. The average molecular weight is 347 g/mol. The van der Waals surface area contributed by atoms with Crippen molar-refractivity contribution < 1.29 is 18.1 Å². The van der Waals surface area contributed by atoms with Gasteiger partial charge in [-0.2, -0.15) is 8.42 Å². The topological polar surface area (TPSA) is 153 Å². The van der Waals surface area contributed by atoms with Crippen molar-refractivity contribution in [2.75, 3.05) is 18.5 Å². The summed E-state index contributed by atoms with van der Waals surface area (Å²) in [4.78, 5) is -0.0729. The minimum absolute atomic E-state index is 0.212. The fourth-order valence-corrected chi connectivity index (χ4v) is 2.67. The number of nitrogens with two attached hydrogens (primary N) is 3. The Balaban J connectivity index is 0.00000102. The number of nitrogen functional groups attached to an aromatic ring is 2. The molecular weight excluding hydrogens is 326 g/mol. The molecule has 0 aliphatic heterocycles. The first-order chi connectivity index (χ1) is 10.2. The van der Waals surface area contributed by atoms with Crippen LogP contribution in [0, 0.1) is 0 Å². The van der Waals surface area contributed by atoms with Gasteiger partial charge in [0.15, 0.2) is 0 Å². The van der Waals surface area contributed by atoms with Crippen molar-refractivity contribution in [3.8, 4) is 5.75 Å². The summed E-state index contributed by atoms with van der Waals surface area (Å²) in [5.41, 5.74) is 15.5. The van der Waals surface area contributed by atoms with Crippen LogP contribution in [0.15, 0.2) is 28.0 Å². The van der Waals surface area contributed by atoms with E-state index in [9.17, 15) is 13.5 Å². The lowest BCUT2D eigenvalue weighted by Crippen LogP contribution is -2.04. The number of fused-ring (bicyclic) bond motifs is 1. The largest absolute Gasteiger partial charge is 0.505 e. The zero-order valence-corrected chi connectivity index (χ0v) is 14.2. The fraction of sp³-hybridized carbons (Fsp3) is 0.231. The first-order valence-electron chi connectivity index (χ1n) is 6.30. The highest BCUT2D eigenvalue weighted by atomic mass is 32.2. The minimum Gasteiger partial charge on any atom is -0.505 e. The summed E-state index contributed by atoms with van der Waals surface area (Å²) < 4.78 is 31.3. The zero-order valence-electron chi connectivity index (χ0n) is 12.5. The molecule has 124 valence electrons. The Morgan fingerprint density at radius 2 is 1.59 bits per heavy atom. The molecule has 0 aliphatic rings. The molecule has 0 saturated carbocycles. The van der Waals surface area contributed by atoms with Crippen LogP contribution in [-0.2, 0) is 10.1 Å². The second-order valence-electron chi connectivity index (χ2n) is 3.75. The molecular formula is C13H21N3O4S2. The van der Waals surface area contributed by atoms with Crippen LogP contribution in [0.2, 0.25) is 0 Å². The number of anilines is 2. The number of aromatic hydroxyl groups is 1. The normalized spacial score (nSPS) is 10.3. The van der Waals surface area contributed by atoms with E-state index >= 15 is 0 Å². The van der Waals surface area contributed by atoms with E-state index in [1.165, 1.54) is 19.2 Å². The van der Waals surface area contributed by atoms with Gasteiger partial charge in [-0.3, -0.25) is 4.55 Å². The van der Waals surface area contributed by atoms with Gasteiger partial charge < -0.3 is 22.3 Å². The van der Waals surface area contributed by atoms with Crippen LogP contribution in [0.25, 0.3) is 10.8 Å². The third-order valence-electron chi connectivity index (χ3n) is 2.51. The predicted molar refractivity (Wildman–Crippen MR) is 93.0 cm³/mol. The van der Waals surface area contributed by atoms with E-state index in [1.807, 2.05) is 13.8 Å². The fourth-order valence-electron chi connectivity index (χ4n) is 1.74. The van der Waals surface area contributed by atoms with E-state index in [4.69, 9.17) is 16.0 Å². The van der Waals surface area contributed by atoms with Crippen LogP contribution >= 0.6 is 12.6 Å². The number of rotatable bonds is 1. The van der Waals surface area contributed by atoms with Gasteiger partial charge in [-0.1, -0.05) is 13.8 Å². The summed E-state index contributed by atoms with van der Waals surface area (Å²) >= 11 is 4.09. The average Bonchev–Trinajstić information content (AvgIpc) is 2.45. The van der Waals surface area contributed by atoms with Gasteiger partial charge in [0.25, 0.3) is 10.1 Å². The van der Waals surface area contributed by atoms with E-state index in [1.54, 1.807) is 0 Å². The maximum Gasteiger partial charge on any atom is 0.296 e. The van der Waals surface area contributed by atoms with Gasteiger partial charge in [-0.25, -0.2) is 0 Å². The Morgan fingerprint density at radius 1 is 1.09 bits per heavy atom. The molecule has 2 aromatic carbocycles. The van der Waals surface area contributed by atoms with Gasteiger partial charge in [0.05, 0.1) is 5.69 Å². The second-order valence-corrected chi connectivity index (χ2v) is 5.65. The van der Waals surface area contributed by atoms with E-state index in [0.717, 1.165) is 6.07 Å². The van der Waals surface area contributed by atoms with Crippen molar-refractivity contribution in [1.29, 1.82) is 0 Å². The zero-order chi connectivity index (χ0) is 17.7. The molecule has 2 rings (SSSR count). The van der Waals surface area contributed by atoms with Crippen molar-refractivity contribution in [1.82, 2.24) is 0 Å². The van der Waals surface area contributed by atoms with Crippen molar-refractivity contribution in [2.24, 2.45) is 5.73 Å². The molecule has 0 radical (unpaired) electrons. The van der Waals surface area contributed by atoms with Crippen molar-refractivity contribution in [2.45, 2.75) is 23.6 Å². The van der Waals surface area contributed by atoms with Crippen molar-refractivity contribution in [3.05, 3.63) is 18.2 Å². The molecule has 0 atom stereocenters. The van der Waals surface area contributed by atoms with E-state index in [2.05, 4.69) is 18.4 Å². The Labute approximate surface area is 135 Å². The van der Waals surface area contributed by atoms with Crippen LogP contribution in [0.3, 0.4) is 0 Å². The van der Waals surface area contributed by atoms with Gasteiger partial charge in [0, 0.05) is 16.0 Å².